The van der Waals surface area contributed by atoms with E-state index in [-0.39, 0.29) is 5.54 Å². The summed E-state index contributed by atoms with van der Waals surface area (Å²) in [5.41, 5.74) is 0.776. The molecule has 2 nitrogen and oxygen atoms in total. The van der Waals surface area contributed by atoms with Gasteiger partial charge in [-0.3, -0.25) is 4.99 Å². The number of anilines is 1. The molecule has 0 bridgehead atoms. The van der Waals surface area contributed by atoms with Crippen LogP contribution in [0.25, 0.3) is 0 Å². The highest BCUT2D eigenvalue weighted by molar-refractivity contribution is 8.13. The first kappa shape index (κ1) is 14.7. The van der Waals surface area contributed by atoms with Crippen LogP contribution in [0.15, 0.2) is 23.2 Å². The minimum atomic E-state index is -0.110. The third kappa shape index (κ3) is 5.19. The number of thioether (sulfide) groups is 1. The maximum atomic E-state index is 5.95. The second kappa shape index (κ2) is 5.98. The third-order valence-electron chi connectivity index (χ3n) is 1.80. The molecule has 0 aliphatic rings. The average molecular weight is 291 g/mol. The Hall–Kier alpha value is -0.380. The van der Waals surface area contributed by atoms with E-state index in [0.29, 0.717) is 10.0 Å². The van der Waals surface area contributed by atoms with Crippen LogP contribution in [0.2, 0.25) is 10.0 Å². The van der Waals surface area contributed by atoms with Crippen molar-refractivity contribution in [2.75, 3.05) is 11.6 Å². The van der Waals surface area contributed by atoms with Gasteiger partial charge in [0.05, 0.1) is 15.6 Å². The SMILES string of the molecule is CSC(=NC(C)(C)C)Nc1ccc(Cl)c(Cl)c1. The van der Waals surface area contributed by atoms with Crippen LogP contribution in [0, 0.1) is 0 Å². The van der Waals surface area contributed by atoms with E-state index in [2.05, 4.69) is 31.1 Å². The highest BCUT2D eigenvalue weighted by atomic mass is 35.5. The summed E-state index contributed by atoms with van der Waals surface area (Å²) < 4.78 is 0. The van der Waals surface area contributed by atoms with Crippen molar-refractivity contribution in [3.8, 4) is 0 Å². The van der Waals surface area contributed by atoms with E-state index in [1.165, 1.54) is 0 Å². The molecule has 5 heteroatoms. The minimum Gasteiger partial charge on any atom is -0.335 e. The predicted molar refractivity (Wildman–Crippen MR) is 80.8 cm³/mol. The number of aliphatic imine (C=N–C) groups is 1. The van der Waals surface area contributed by atoms with E-state index < -0.39 is 0 Å². The lowest BCUT2D eigenvalue weighted by molar-refractivity contribution is 0.585. The summed E-state index contributed by atoms with van der Waals surface area (Å²) >= 11 is 13.4. The number of halogens is 2. The molecule has 0 amide bonds. The van der Waals surface area contributed by atoms with Gasteiger partial charge in [-0.1, -0.05) is 35.0 Å². The summed E-state index contributed by atoms with van der Waals surface area (Å²) in [7, 11) is 0. The molecule has 17 heavy (non-hydrogen) atoms. The zero-order valence-electron chi connectivity index (χ0n) is 10.3. The average Bonchev–Trinajstić information content (AvgIpc) is 2.20. The van der Waals surface area contributed by atoms with Crippen molar-refractivity contribution in [3.63, 3.8) is 0 Å². The van der Waals surface area contributed by atoms with Gasteiger partial charge in [0.15, 0.2) is 5.17 Å². The van der Waals surface area contributed by atoms with Crippen molar-refractivity contribution in [1.82, 2.24) is 0 Å². The molecule has 0 aromatic heterocycles. The fraction of sp³-hybridized carbons (Fsp3) is 0.417. The van der Waals surface area contributed by atoms with Crippen molar-refractivity contribution in [2.45, 2.75) is 26.3 Å². The zero-order valence-corrected chi connectivity index (χ0v) is 12.7. The molecule has 0 radical (unpaired) electrons. The third-order valence-corrected chi connectivity index (χ3v) is 3.12. The Morgan fingerprint density at radius 3 is 2.35 bits per heavy atom. The summed E-state index contributed by atoms with van der Waals surface area (Å²) in [6, 6.07) is 5.43. The molecule has 0 saturated heterocycles. The monoisotopic (exact) mass is 290 g/mol. The van der Waals surface area contributed by atoms with Crippen LogP contribution in [0.3, 0.4) is 0 Å². The number of benzene rings is 1. The van der Waals surface area contributed by atoms with E-state index in [1.807, 2.05) is 12.3 Å². The second-order valence-electron chi connectivity index (χ2n) is 4.55. The quantitative estimate of drug-likeness (QED) is 0.586. The summed E-state index contributed by atoms with van der Waals surface area (Å²) in [5, 5.41) is 5.17. The first-order valence-electron chi connectivity index (χ1n) is 5.18. The summed E-state index contributed by atoms with van der Waals surface area (Å²) in [6.07, 6.45) is 1.98. The lowest BCUT2D eigenvalue weighted by Gasteiger charge is -2.16. The molecular weight excluding hydrogens is 275 g/mol. The molecular formula is C12H16Cl2N2S. The fourth-order valence-corrected chi connectivity index (χ4v) is 2.01. The van der Waals surface area contributed by atoms with Crippen molar-refractivity contribution < 1.29 is 0 Å². The van der Waals surface area contributed by atoms with E-state index in [0.717, 1.165) is 10.9 Å². The number of rotatable bonds is 1. The smallest absolute Gasteiger partial charge is 0.161 e. The van der Waals surface area contributed by atoms with Gasteiger partial charge in [0, 0.05) is 5.69 Å². The number of amidine groups is 1. The number of hydrogen-bond donors (Lipinski definition) is 1. The fourth-order valence-electron chi connectivity index (χ4n) is 1.13. The molecule has 0 spiro atoms. The predicted octanol–water partition coefficient (Wildman–Crippen LogP) is 4.92. The van der Waals surface area contributed by atoms with Gasteiger partial charge in [-0.15, -0.1) is 0 Å². The summed E-state index contributed by atoms with van der Waals surface area (Å²) in [4.78, 5) is 4.57. The molecule has 0 saturated carbocycles. The van der Waals surface area contributed by atoms with Crippen LogP contribution < -0.4 is 5.32 Å². The molecule has 0 atom stereocenters. The Balaban J connectivity index is 2.88. The normalized spacial score (nSPS) is 12.7. The topological polar surface area (TPSA) is 24.4 Å². The van der Waals surface area contributed by atoms with Gasteiger partial charge >= 0.3 is 0 Å². The van der Waals surface area contributed by atoms with Crippen LogP contribution in [-0.2, 0) is 0 Å². The Kier molecular flexibility index (Phi) is 5.17. The number of nitrogens with one attached hydrogen (secondary N) is 1. The molecule has 1 aromatic rings. The van der Waals surface area contributed by atoms with Crippen LogP contribution in [-0.4, -0.2) is 17.0 Å². The largest absolute Gasteiger partial charge is 0.335 e. The summed E-state index contributed by atoms with van der Waals surface area (Å²) in [5.74, 6) is 0. The lowest BCUT2D eigenvalue weighted by Crippen LogP contribution is -2.17. The number of hydrogen-bond acceptors (Lipinski definition) is 2. The Bertz CT molecular complexity index is 425. The molecule has 0 heterocycles. The van der Waals surface area contributed by atoms with E-state index in [9.17, 15) is 0 Å². The maximum Gasteiger partial charge on any atom is 0.161 e. The molecule has 1 aromatic carbocycles. The highest BCUT2D eigenvalue weighted by Crippen LogP contribution is 2.25. The number of nitrogens with zero attached hydrogens (tertiary/aromatic N) is 1. The lowest BCUT2D eigenvalue weighted by atomic mass is 10.1. The Labute approximate surface area is 117 Å². The van der Waals surface area contributed by atoms with Gasteiger partial charge < -0.3 is 5.32 Å². The maximum absolute atomic E-state index is 5.95. The standard InChI is InChI=1S/C12H16Cl2N2S/c1-12(2,3)16-11(17-4)15-8-5-6-9(13)10(14)7-8/h5-7H,1-4H3,(H,15,16). The van der Waals surface area contributed by atoms with Crippen molar-refractivity contribution >= 4 is 45.8 Å². The van der Waals surface area contributed by atoms with Gasteiger partial charge in [0.1, 0.15) is 0 Å². The van der Waals surface area contributed by atoms with Crippen LogP contribution >= 0.6 is 35.0 Å². The highest BCUT2D eigenvalue weighted by Gasteiger charge is 2.10. The van der Waals surface area contributed by atoms with Gasteiger partial charge in [0.2, 0.25) is 0 Å². The summed E-state index contributed by atoms with van der Waals surface area (Å²) in [6.45, 7) is 6.17. The Morgan fingerprint density at radius 1 is 1.24 bits per heavy atom. The van der Waals surface area contributed by atoms with Crippen LogP contribution in [0.1, 0.15) is 20.8 Å². The van der Waals surface area contributed by atoms with Crippen molar-refractivity contribution in [1.29, 1.82) is 0 Å². The molecule has 0 fully saturated rings. The first-order chi connectivity index (χ1) is 7.81. The van der Waals surface area contributed by atoms with E-state index >= 15 is 0 Å². The Morgan fingerprint density at radius 2 is 1.88 bits per heavy atom. The van der Waals surface area contributed by atoms with Gasteiger partial charge in [-0.05, 0) is 45.2 Å². The van der Waals surface area contributed by atoms with Gasteiger partial charge in [-0.2, -0.15) is 0 Å². The molecule has 0 aliphatic heterocycles. The van der Waals surface area contributed by atoms with Gasteiger partial charge in [0.25, 0.3) is 0 Å². The van der Waals surface area contributed by atoms with E-state index in [4.69, 9.17) is 23.2 Å². The minimum absolute atomic E-state index is 0.110. The molecule has 94 valence electrons. The molecule has 1 rings (SSSR count). The second-order valence-corrected chi connectivity index (χ2v) is 6.16. The van der Waals surface area contributed by atoms with Crippen molar-refractivity contribution in [2.24, 2.45) is 4.99 Å². The van der Waals surface area contributed by atoms with Gasteiger partial charge in [-0.25, -0.2) is 0 Å². The van der Waals surface area contributed by atoms with E-state index in [1.54, 1.807) is 23.9 Å². The molecule has 0 unspecified atom stereocenters. The van der Waals surface area contributed by atoms with Crippen LogP contribution in [0.5, 0.6) is 0 Å². The van der Waals surface area contributed by atoms with Crippen molar-refractivity contribution in [3.05, 3.63) is 28.2 Å². The zero-order chi connectivity index (χ0) is 13.1. The molecule has 0 aliphatic carbocycles. The van der Waals surface area contributed by atoms with Crippen LogP contribution in [0.4, 0.5) is 5.69 Å². The molecule has 1 N–H and O–H groups in total. The first-order valence-corrected chi connectivity index (χ1v) is 7.16.